The number of aliphatic hydroxyl groups is 1. The number of hydrogen-bond donors (Lipinski definition) is 1. The first-order chi connectivity index (χ1) is 11.6. The van der Waals surface area contributed by atoms with Crippen LogP contribution in [0.5, 0.6) is 0 Å². The van der Waals surface area contributed by atoms with Crippen molar-refractivity contribution < 1.29 is 9.90 Å². The Labute approximate surface area is 146 Å². The predicted octanol–water partition coefficient (Wildman–Crippen LogP) is 2.56. The molecule has 1 N–H and O–H groups in total. The highest BCUT2D eigenvalue weighted by Crippen LogP contribution is 2.24. The van der Waals surface area contributed by atoms with Crippen molar-refractivity contribution in [2.75, 3.05) is 18.8 Å². The molecule has 2 aromatic rings. The zero-order valence-corrected chi connectivity index (χ0v) is 14.9. The van der Waals surface area contributed by atoms with Crippen LogP contribution in [0.25, 0.3) is 5.69 Å². The van der Waals surface area contributed by atoms with E-state index in [9.17, 15) is 9.90 Å². The van der Waals surface area contributed by atoms with E-state index in [4.69, 9.17) is 0 Å². The molecule has 0 bridgehead atoms. The van der Waals surface area contributed by atoms with Gasteiger partial charge in [-0.3, -0.25) is 9.36 Å². The van der Waals surface area contributed by atoms with Gasteiger partial charge in [0.2, 0.25) is 5.91 Å². The van der Waals surface area contributed by atoms with Crippen LogP contribution in [0, 0.1) is 13.8 Å². The molecule has 0 saturated carbocycles. The van der Waals surface area contributed by atoms with Gasteiger partial charge in [-0.1, -0.05) is 23.9 Å². The summed E-state index contributed by atoms with van der Waals surface area (Å²) in [6, 6.07) is 6.19. The number of piperidine rings is 1. The van der Waals surface area contributed by atoms with Crippen LogP contribution in [0.1, 0.15) is 24.0 Å². The maximum atomic E-state index is 12.4. The molecule has 1 fully saturated rings. The van der Waals surface area contributed by atoms with E-state index in [0.717, 1.165) is 30.2 Å². The number of aryl methyl sites for hydroxylation is 1. The fraction of sp³-hybridized carbons (Fsp3) is 0.444. The van der Waals surface area contributed by atoms with Gasteiger partial charge in [-0.25, -0.2) is 4.98 Å². The molecule has 1 amide bonds. The van der Waals surface area contributed by atoms with E-state index >= 15 is 0 Å². The van der Waals surface area contributed by atoms with Crippen molar-refractivity contribution >= 4 is 17.7 Å². The average molecular weight is 345 g/mol. The van der Waals surface area contributed by atoms with Gasteiger partial charge in [-0.05, 0) is 43.9 Å². The summed E-state index contributed by atoms with van der Waals surface area (Å²) in [5.74, 6) is 0.406. The number of rotatable bonds is 4. The fourth-order valence-corrected chi connectivity index (χ4v) is 3.84. The lowest BCUT2D eigenvalue weighted by Gasteiger charge is -2.30. The maximum Gasteiger partial charge on any atom is 0.233 e. The first-order valence-electron chi connectivity index (χ1n) is 8.25. The molecular weight excluding hydrogens is 322 g/mol. The first-order valence-corrected chi connectivity index (χ1v) is 9.23. The molecule has 1 saturated heterocycles. The molecule has 1 unspecified atom stereocenters. The molecule has 1 aromatic carbocycles. The van der Waals surface area contributed by atoms with E-state index in [-0.39, 0.29) is 12.0 Å². The van der Waals surface area contributed by atoms with Crippen LogP contribution >= 0.6 is 11.8 Å². The lowest BCUT2D eigenvalue weighted by Crippen LogP contribution is -2.43. The van der Waals surface area contributed by atoms with Gasteiger partial charge in [0.15, 0.2) is 5.16 Å². The molecule has 1 aliphatic heterocycles. The third kappa shape index (κ3) is 3.65. The molecule has 2 heterocycles. The second-order valence-electron chi connectivity index (χ2n) is 6.22. The number of likely N-dealkylation sites (tertiary alicyclic amines) is 1. The molecule has 128 valence electrons. The highest BCUT2D eigenvalue weighted by Gasteiger charge is 2.22. The minimum absolute atomic E-state index is 0.0641. The second kappa shape index (κ2) is 7.40. The molecule has 24 heavy (non-hydrogen) atoms. The Morgan fingerprint density at radius 2 is 2.25 bits per heavy atom. The van der Waals surface area contributed by atoms with E-state index in [1.165, 1.54) is 22.9 Å². The number of thioether (sulfide) groups is 1. The number of β-amino-alcohol motifs (C(OH)–C–C–N with tert-alkyl or cyclic N) is 1. The minimum atomic E-state index is -0.385. The van der Waals surface area contributed by atoms with Gasteiger partial charge in [0.1, 0.15) is 0 Å². The van der Waals surface area contributed by atoms with Gasteiger partial charge in [0.05, 0.1) is 17.5 Å². The Bertz CT molecular complexity index is 729. The Hall–Kier alpha value is -1.79. The number of benzene rings is 1. The molecule has 0 aliphatic carbocycles. The molecule has 3 rings (SSSR count). The molecule has 0 radical (unpaired) electrons. The molecule has 1 aliphatic rings. The second-order valence-corrected chi connectivity index (χ2v) is 7.17. The van der Waals surface area contributed by atoms with Crippen molar-refractivity contribution in [3.63, 3.8) is 0 Å². The van der Waals surface area contributed by atoms with Crippen molar-refractivity contribution in [3.05, 3.63) is 41.7 Å². The third-order valence-electron chi connectivity index (χ3n) is 4.52. The van der Waals surface area contributed by atoms with Crippen LogP contribution in [0.15, 0.2) is 35.7 Å². The monoisotopic (exact) mass is 345 g/mol. The van der Waals surface area contributed by atoms with Crippen LogP contribution in [0.2, 0.25) is 0 Å². The van der Waals surface area contributed by atoms with Crippen LogP contribution in [0.4, 0.5) is 0 Å². The van der Waals surface area contributed by atoms with Gasteiger partial charge in [0.25, 0.3) is 0 Å². The molecule has 5 nitrogen and oxygen atoms in total. The molecule has 6 heteroatoms. The summed E-state index contributed by atoms with van der Waals surface area (Å²) in [4.78, 5) is 18.5. The van der Waals surface area contributed by atoms with Crippen molar-refractivity contribution in [2.45, 2.75) is 37.9 Å². The summed E-state index contributed by atoms with van der Waals surface area (Å²) in [5.41, 5.74) is 3.54. The average Bonchev–Trinajstić information content (AvgIpc) is 3.03. The van der Waals surface area contributed by atoms with Gasteiger partial charge >= 0.3 is 0 Å². The van der Waals surface area contributed by atoms with Crippen LogP contribution in [-0.2, 0) is 4.79 Å². The topological polar surface area (TPSA) is 58.4 Å². The Morgan fingerprint density at radius 1 is 1.42 bits per heavy atom. The smallest absolute Gasteiger partial charge is 0.233 e. The van der Waals surface area contributed by atoms with Crippen molar-refractivity contribution in [1.29, 1.82) is 0 Å². The van der Waals surface area contributed by atoms with Crippen LogP contribution < -0.4 is 0 Å². The largest absolute Gasteiger partial charge is 0.391 e. The number of carbonyl (C=O) groups excluding carboxylic acids is 1. The van der Waals surface area contributed by atoms with Crippen molar-refractivity contribution in [2.24, 2.45) is 0 Å². The summed E-state index contributed by atoms with van der Waals surface area (Å²) in [6.07, 6.45) is 4.96. The molecule has 1 atom stereocenters. The SMILES string of the molecule is Cc1cccc(-n2ccnc2SCC(=O)N2CCCC(O)C2)c1C. The molecular formula is C18H23N3O2S. The summed E-state index contributed by atoms with van der Waals surface area (Å²) in [5, 5.41) is 10.5. The predicted molar refractivity (Wildman–Crippen MR) is 95.6 cm³/mol. The Kier molecular flexibility index (Phi) is 5.26. The van der Waals surface area contributed by atoms with E-state index in [1.807, 2.05) is 16.8 Å². The van der Waals surface area contributed by atoms with Crippen LogP contribution in [-0.4, -0.2) is 50.4 Å². The van der Waals surface area contributed by atoms with E-state index in [0.29, 0.717) is 12.3 Å². The third-order valence-corrected chi connectivity index (χ3v) is 5.47. The van der Waals surface area contributed by atoms with Gasteiger partial charge in [-0.15, -0.1) is 0 Å². The number of amides is 1. The quantitative estimate of drug-likeness (QED) is 0.865. The Morgan fingerprint density at radius 3 is 3.04 bits per heavy atom. The number of nitrogens with zero attached hydrogens (tertiary/aromatic N) is 3. The summed E-state index contributed by atoms with van der Waals surface area (Å²) in [6.45, 7) is 5.37. The normalized spacial score (nSPS) is 18.0. The minimum Gasteiger partial charge on any atom is -0.391 e. The van der Waals surface area contributed by atoms with Gasteiger partial charge in [-0.2, -0.15) is 0 Å². The fourth-order valence-electron chi connectivity index (χ4n) is 2.98. The summed E-state index contributed by atoms with van der Waals surface area (Å²) < 4.78 is 2.03. The molecule has 0 spiro atoms. The van der Waals surface area contributed by atoms with E-state index in [1.54, 1.807) is 11.1 Å². The lowest BCUT2D eigenvalue weighted by molar-refractivity contribution is -0.131. The lowest BCUT2D eigenvalue weighted by atomic mass is 10.1. The van der Waals surface area contributed by atoms with E-state index in [2.05, 4.69) is 31.0 Å². The number of imidazole rings is 1. The van der Waals surface area contributed by atoms with E-state index < -0.39 is 0 Å². The first kappa shape index (κ1) is 17.0. The standard InChI is InChI=1S/C18H23N3O2S/c1-13-5-3-7-16(14(13)2)21-10-8-19-18(21)24-12-17(23)20-9-4-6-15(22)11-20/h3,5,7-8,10,15,22H,4,6,9,11-12H2,1-2H3. The zero-order valence-electron chi connectivity index (χ0n) is 14.1. The number of aliphatic hydroxyl groups excluding tert-OH is 1. The number of hydrogen-bond acceptors (Lipinski definition) is 4. The van der Waals surface area contributed by atoms with Gasteiger partial charge in [0, 0.05) is 25.5 Å². The highest BCUT2D eigenvalue weighted by atomic mass is 32.2. The summed E-state index contributed by atoms with van der Waals surface area (Å²) in [7, 11) is 0. The summed E-state index contributed by atoms with van der Waals surface area (Å²) >= 11 is 1.45. The number of aromatic nitrogens is 2. The Balaban J connectivity index is 1.70. The van der Waals surface area contributed by atoms with Gasteiger partial charge < -0.3 is 10.0 Å². The van der Waals surface area contributed by atoms with Crippen LogP contribution in [0.3, 0.4) is 0 Å². The van der Waals surface area contributed by atoms with Crippen molar-refractivity contribution in [1.82, 2.24) is 14.5 Å². The zero-order chi connectivity index (χ0) is 17.1. The number of carbonyl (C=O) groups is 1. The molecule has 1 aromatic heterocycles. The highest BCUT2D eigenvalue weighted by molar-refractivity contribution is 7.99. The maximum absolute atomic E-state index is 12.4. The van der Waals surface area contributed by atoms with Crippen molar-refractivity contribution in [3.8, 4) is 5.69 Å².